The Balaban J connectivity index is 2.13. The lowest BCUT2D eigenvalue weighted by Crippen LogP contribution is -2.49. The van der Waals surface area contributed by atoms with Crippen molar-refractivity contribution >= 4 is 11.9 Å². The van der Waals surface area contributed by atoms with Crippen molar-refractivity contribution < 1.29 is 41.7 Å². The van der Waals surface area contributed by atoms with Gasteiger partial charge >= 0.3 is 5.97 Å². The molecule has 0 heterocycles. The summed E-state index contributed by atoms with van der Waals surface area (Å²) >= 11 is 0. The molecule has 1 saturated carbocycles. The number of esters is 1. The van der Waals surface area contributed by atoms with Gasteiger partial charge in [0.25, 0.3) is 0 Å². The Labute approximate surface area is 184 Å². The summed E-state index contributed by atoms with van der Waals surface area (Å²) in [6.07, 6.45) is 2.04. The van der Waals surface area contributed by atoms with E-state index in [0.717, 1.165) is 19.3 Å². The number of halogens is 4. The van der Waals surface area contributed by atoms with Gasteiger partial charge in [0.1, 0.15) is 18.3 Å². The number of aliphatic hydroxyl groups is 1. The van der Waals surface area contributed by atoms with E-state index in [2.05, 4.69) is 5.32 Å². The molecule has 1 aliphatic rings. The van der Waals surface area contributed by atoms with E-state index in [-0.39, 0.29) is 17.9 Å². The van der Waals surface area contributed by atoms with Gasteiger partial charge in [-0.05, 0) is 33.6 Å². The summed E-state index contributed by atoms with van der Waals surface area (Å²) in [5.74, 6) is -9.56. The van der Waals surface area contributed by atoms with Crippen molar-refractivity contribution in [1.82, 2.24) is 5.32 Å². The van der Waals surface area contributed by atoms with Crippen molar-refractivity contribution in [3.63, 3.8) is 0 Å². The molecular formula is C22H29F4NO5. The van der Waals surface area contributed by atoms with Crippen LogP contribution in [0.1, 0.15) is 59.3 Å². The van der Waals surface area contributed by atoms with Gasteiger partial charge in [0.05, 0.1) is 12.5 Å². The molecule has 0 spiro atoms. The second kappa shape index (κ2) is 11.0. The standard InChI is InChI=1S/C22H29F4NO5/c1-22(2,3)32-17(29)10-15(27-21(30)12-7-5-4-6-8-12)16(28)11-31-20-18(25)13(23)9-14(24)19(20)26/h9,12,15-16,28H,4-8,10-11H2,1-3H3,(H,27,30)/t15-,16?/m0/s1. The SMILES string of the molecule is CC(C)(C)OC(=O)C[C@H](NC(=O)C1CCCCC1)C(O)COc1c(F)c(F)cc(F)c1F. The number of carbonyl (C=O) groups excluding carboxylic acids is 2. The Bertz CT molecular complexity index is 795. The average Bonchev–Trinajstić information content (AvgIpc) is 2.70. The molecule has 0 saturated heterocycles. The van der Waals surface area contributed by atoms with Gasteiger partial charge in [0, 0.05) is 12.0 Å². The first kappa shape index (κ1) is 25.9. The van der Waals surface area contributed by atoms with E-state index in [1.165, 1.54) is 0 Å². The second-order valence-electron chi connectivity index (χ2n) is 8.92. The maximum Gasteiger partial charge on any atom is 0.308 e. The zero-order valence-corrected chi connectivity index (χ0v) is 18.4. The van der Waals surface area contributed by atoms with E-state index in [0.29, 0.717) is 12.8 Å². The van der Waals surface area contributed by atoms with Gasteiger partial charge in [0.2, 0.25) is 17.5 Å². The molecule has 0 aromatic heterocycles. The summed E-state index contributed by atoms with van der Waals surface area (Å²) in [4.78, 5) is 24.9. The Morgan fingerprint density at radius 2 is 1.66 bits per heavy atom. The molecule has 32 heavy (non-hydrogen) atoms. The van der Waals surface area contributed by atoms with Gasteiger partial charge in [-0.25, -0.2) is 8.78 Å². The van der Waals surface area contributed by atoms with E-state index in [1.54, 1.807) is 20.8 Å². The summed E-state index contributed by atoms with van der Waals surface area (Å²) < 4.78 is 64.4. The quantitative estimate of drug-likeness (QED) is 0.348. The zero-order valence-electron chi connectivity index (χ0n) is 18.4. The third-order valence-electron chi connectivity index (χ3n) is 5.04. The maximum absolute atomic E-state index is 13.8. The van der Waals surface area contributed by atoms with Crippen LogP contribution < -0.4 is 10.1 Å². The molecule has 2 atom stereocenters. The molecule has 2 N–H and O–H groups in total. The molecule has 1 amide bonds. The lowest BCUT2D eigenvalue weighted by molar-refractivity contribution is -0.156. The first-order valence-corrected chi connectivity index (χ1v) is 10.5. The smallest absolute Gasteiger partial charge is 0.308 e. The highest BCUT2D eigenvalue weighted by Crippen LogP contribution is 2.27. The van der Waals surface area contributed by atoms with Gasteiger partial charge in [-0.1, -0.05) is 19.3 Å². The van der Waals surface area contributed by atoms with E-state index in [4.69, 9.17) is 9.47 Å². The maximum atomic E-state index is 13.8. The number of aliphatic hydroxyl groups excluding tert-OH is 1. The normalized spacial score (nSPS) is 16.9. The van der Waals surface area contributed by atoms with Crippen LogP contribution in [0, 0.1) is 29.2 Å². The Hall–Kier alpha value is -2.36. The number of hydrogen-bond acceptors (Lipinski definition) is 5. The highest BCUT2D eigenvalue weighted by Gasteiger charge is 2.31. The number of rotatable bonds is 8. The molecule has 1 fully saturated rings. The zero-order chi connectivity index (χ0) is 24.1. The van der Waals surface area contributed by atoms with E-state index in [1.807, 2.05) is 0 Å². The van der Waals surface area contributed by atoms with E-state index >= 15 is 0 Å². The van der Waals surface area contributed by atoms with Crippen LogP contribution in [0.4, 0.5) is 17.6 Å². The van der Waals surface area contributed by atoms with Crippen molar-refractivity contribution in [1.29, 1.82) is 0 Å². The van der Waals surface area contributed by atoms with Crippen molar-refractivity contribution in [3.05, 3.63) is 29.3 Å². The minimum atomic E-state index is -1.76. The van der Waals surface area contributed by atoms with Gasteiger partial charge in [-0.15, -0.1) is 0 Å². The van der Waals surface area contributed by atoms with Crippen LogP contribution in [0.15, 0.2) is 6.07 Å². The minimum absolute atomic E-state index is 0.0314. The molecule has 0 aliphatic heterocycles. The third kappa shape index (κ3) is 7.36. The average molecular weight is 463 g/mol. The number of nitrogens with one attached hydrogen (secondary N) is 1. The monoisotopic (exact) mass is 463 g/mol. The van der Waals surface area contributed by atoms with Crippen LogP contribution in [0.25, 0.3) is 0 Å². The predicted octanol–water partition coefficient (Wildman–Crippen LogP) is 3.78. The lowest BCUT2D eigenvalue weighted by atomic mass is 9.88. The van der Waals surface area contributed by atoms with Crippen molar-refractivity contribution in [3.8, 4) is 5.75 Å². The van der Waals surface area contributed by atoms with Gasteiger partial charge < -0.3 is 19.9 Å². The topological polar surface area (TPSA) is 84.9 Å². The van der Waals surface area contributed by atoms with Crippen LogP contribution in [0.2, 0.25) is 0 Å². The fourth-order valence-electron chi connectivity index (χ4n) is 3.47. The van der Waals surface area contributed by atoms with Crippen LogP contribution in [-0.2, 0) is 14.3 Å². The number of hydrogen-bond donors (Lipinski definition) is 2. The largest absolute Gasteiger partial charge is 0.485 e. The molecular weight excluding hydrogens is 434 g/mol. The van der Waals surface area contributed by atoms with Gasteiger partial charge in [0.15, 0.2) is 17.4 Å². The van der Waals surface area contributed by atoms with Crippen LogP contribution in [0.5, 0.6) is 5.75 Å². The van der Waals surface area contributed by atoms with E-state index in [9.17, 15) is 32.3 Å². The number of benzene rings is 1. The predicted molar refractivity (Wildman–Crippen MR) is 107 cm³/mol. The van der Waals surface area contributed by atoms with Crippen LogP contribution >= 0.6 is 0 Å². The first-order valence-electron chi connectivity index (χ1n) is 10.5. The molecule has 0 radical (unpaired) electrons. The fourth-order valence-corrected chi connectivity index (χ4v) is 3.47. The van der Waals surface area contributed by atoms with Crippen molar-refractivity contribution in [2.45, 2.75) is 77.0 Å². The Kier molecular flexibility index (Phi) is 8.89. The Morgan fingerprint density at radius 3 is 2.19 bits per heavy atom. The molecule has 1 aromatic carbocycles. The lowest BCUT2D eigenvalue weighted by Gasteiger charge is -2.28. The fraction of sp³-hybridized carbons (Fsp3) is 0.636. The highest BCUT2D eigenvalue weighted by molar-refractivity contribution is 5.80. The van der Waals surface area contributed by atoms with Crippen LogP contribution in [-0.4, -0.2) is 41.3 Å². The number of ether oxygens (including phenoxy) is 2. The summed E-state index contributed by atoms with van der Waals surface area (Å²) in [6, 6.07) is -1.17. The Morgan fingerprint density at radius 1 is 1.09 bits per heavy atom. The molecule has 1 aliphatic carbocycles. The molecule has 1 aromatic rings. The van der Waals surface area contributed by atoms with E-state index < -0.39 is 65.8 Å². The first-order chi connectivity index (χ1) is 14.9. The second-order valence-corrected chi connectivity index (χ2v) is 8.92. The molecule has 1 unspecified atom stereocenters. The highest BCUT2D eigenvalue weighted by atomic mass is 19.2. The van der Waals surface area contributed by atoms with Crippen molar-refractivity contribution in [2.75, 3.05) is 6.61 Å². The minimum Gasteiger partial charge on any atom is -0.485 e. The van der Waals surface area contributed by atoms with Gasteiger partial charge in [-0.3, -0.25) is 9.59 Å². The summed E-state index contributed by atoms with van der Waals surface area (Å²) in [5.41, 5.74) is -0.818. The molecule has 180 valence electrons. The summed E-state index contributed by atoms with van der Waals surface area (Å²) in [7, 11) is 0. The molecule has 6 nitrogen and oxygen atoms in total. The summed E-state index contributed by atoms with van der Waals surface area (Å²) in [5, 5.41) is 13.1. The summed E-state index contributed by atoms with van der Waals surface area (Å²) in [6.45, 7) is 4.09. The van der Waals surface area contributed by atoms with Crippen LogP contribution in [0.3, 0.4) is 0 Å². The third-order valence-corrected chi connectivity index (χ3v) is 5.04. The molecule has 2 rings (SSSR count). The number of carbonyl (C=O) groups is 2. The number of amides is 1. The van der Waals surface area contributed by atoms with Gasteiger partial charge in [-0.2, -0.15) is 8.78 Å². The molecule has 0 bridgehead atoms. The van der Waals surface area contributed by atoms with Crippen molar-refractivity contribution in [2.24, 2.45) is 5.92 Å². The molecule has 10 heteroatoms.